The topological polar surface area (TPSA) is 54.0 Å². The lowest BCUT2D eigenvalue weighted by Gasteiger charge is -2.07. The van der Waals surface area contributed by atoms with Crippen LogP contribution in [-0.4, -0.2) is 10.9 Å². The fourth-order valence-electron chi connectivity index (χ4n) is 2.42. The summed E-state index contributed by atoms with van der Waals surface area (Å²) >= 11 is 4.87. The number of aryl methyl sites for hydroxylation is 3. The number of anilines is 3. The molecule has 0 atom stereocenters. The molecule has 0 unspecified atom stereocenters. The van der Waals surface area contributed by atoms with E-state index in [-0.39, 0.29) is 5.91 Å². The van der Waals surface area contributed by atoms with Crippen molar-refractivity contribution < 1.29 is 4.79 Å². The molecule has 25 heavy (non-hydrogen) atoms. The molecule has 0 spiro atoms. The van der Waals surface area contributed by atoms with Gasteiger partial charge in [0.05, 0.1) is 0 Å². The van der Waals surface area contributed by atoms with E-state index in [9.17, 15) is 4.79 Å². The number of halogens is 1. The highest BCUT2D eigenvalue weighted by molar-refractivity contribution is 9.10. The average molecular weight is 416 g/mol. The molecule has 0 fully saturated rings. The Balaban J connectivity index is 1.71. The van der Waals surface area contributed by atoms with E-state index in [2.05, 4.69) is 44.5 Å². The van der Waals surface area contributed by atoms with Crippen molar-refractivity contribution in [1.29, 1.82) is 0 Å². The van der Waals surface area contributed by atoms with Gasteiger partial charge < -0.3 is 10.6 Å². The summed E-state index contributed by atoms with van der Waals surface area (Å²) in [4.78, 5) is 16.8. The van der Waals surface area contributed by atoms with Gasteiger partial charge in [0, 0.05) is 21.2 Å². The monoisotopic (exact) mass is 415 g/mol. The summed E-state index contributed by atoms with van der Waals surface area (Å²) in [6.07, 6.45) is 0. The van der Waals surface area contributed by atoms with Gasteiger partial charge in [-0.15, -0.1) is 11.3 Å². The zero-order valence-electron chi connectivity index (χ0n) is 14.2. The maximum atomic E-state index is 12.4. The lowest BCUT2D eigenvalue weighted by Crippen LogP contribution is -2.12. The van der Waals surface area contributed by atoms with E-state index >= 15 is 0 Å². The molecule has 2 aromatic carbocycles. The van der Waals surface area contributed by atoms with Crippen molar-refractivity contribution in [3.63, 3.8) is 0 Å². The van der Waals surface area contributed by atoms with Crippen LogP contribution in [0.5, 0.6) is 0 Å². The van der Waals surface area contributed by atoms with Crippen LogP contribution in [0.25, 0.3) is 0 Å². The maximum Gasteiger partial charge on any atom is 0.275 e. The molecular formula is C19H18BrN3OS. The molecule has 128 valence electrons. The van der Waals surface area contributed by atoms with E-state index in [1.54, 1.807) is 5.38 Å². The van der Waals surface area contributed by atoms with Crippen LogP contribution in [0.2, 0.25) is 0 Å². The van der Waals surface area contributed by atoms with Gasteiger partial charge in [0.15, 0.2) is 5.13 Å². The van der Waals surface area contributed by atoms with Crippen LogP contribution < -0.4 is 10.6 Å². The molecule has 0 radical (unpaired) electrons. The molecule has 1 heterocycles. The predicted octanol–water partition coefficient (Wildman–Crippen LogP) is 5.83. The first-order chi connectivity index (χ1) is 11.9. The van der Waals surface area contributed by atoms with E-state index < -0.39 is 0 Å². The molecule has 1 amide bonds. The maximum absolute atomic E-state index is 12.4. The Kier molecular flexibility index (Phi) is 5.20. The smallest absolute Gasteiger partial charge is 0.275 e. The molecule has 1 aromatic heterocycles. The molecule has 0 aliphatic rings. The Hall–Kier alpha value is -2.18. The molecule has 2 N–H and O–H groups in total. The number of thiazole rings is 1. The highest BCUT2D eigenvalue weighted by atomic mass is 79.9. The number of nitrogens with one attached hydrogen (secondary N) is 2. The zero-order valence-corrected chi connectivity index (χ0v) is 16.6. The molecule has 0 aliphatic heterocycles. The Morgan fingerprint density at radius 3 is 2.60 bits per heavy atom. The molecule has 0 aliphatic carbocycles. The third kappa shape index (κ3) is 4.27. The Labute approximate surface area is 159 Å². The second-order valence-corrected chi connectivity index (χ2v) is 7.61. The minimum absolute atomic E-state index is 0.216. The van der Waals surface area contributed by atoms with Gasteiger partial charge in [-0.2, -0.15) is 0 Å². The van der Waals surface area contributed by atoms with Crippen molar-refractivity contribution >= 4 is 49.7 Å². The van der Waals surface area contributed by atoms with Gasteiger partial charge in [0.1, 0.15) is 5.69 Å². The number of carbonyl (C=O) groups excluding carboxylic acids is 1. The summed E-state index contributed by atoms with van der Waals surface area (Å²) in [5.41, 5.74) is 5.57. The molecule has 3 rings (SSSR count). The quantitative estimate of drug-likeness (QED) is 0.563. The third-order valence-electron chi connectivity index (χ3n) is 3.78. The van der Waals surface area contributed by atoms with E-state index in [1.807, 2.05) is 44.2 Å². The lowest BCUT2D eigenvalue weighted by atomic mass is 10.1. The Bertz CT molecular complexity index is 936. The van der Waals surface area contributed by atoms with Crippen LogP contribution in [0, 0.1) is 20.8 Å². The second kappa shape index (κ2) is 7.37. The summed E-state index contributed by atoms with van der Waals surface area (Å²) < 4.78 is 1.01. The number of aromatic nitrogens is 1. The van der Waals surface area contributed by atoms with Crippen LogP contribution in [0.3, 0.4) is 0 Å². The van der Waals surface area contributed by atoms with E-state index in [1.165, 1.54) is 16.9 Å². The van der Waals surface area contributed by atoms with Crippen molar-refractivity contribution in [1.82, 2.24) is 4.98 Å². The lowest BCUT2D eigenvalue weighted by molar-refractivity contribution is 0.102. The minimum Gasteiger partial charge on any atom is -0.331 e. The SMILES string of the molecule is Cc1ccc(Nc2nc(C(=O)Nc3ccc(Br)c(C)c3)cs2)c(C)c1. The third-order valence-corrected chi connectivity index (χ3v) is 5.42. The second-order valence-electron chi connectivity index (χ2n) is 5.90. The summed E-state index contributed by atoms with van der Waals surface area (Å²) in [6, 6.07) is 11.9. The summed E-state index contributed by atoms with van der Waals surface area (Å²) in [5.74, 6) is -0.216. The van der Waals surface area contributed by atoms with Crippen LogP contribution in [0.15, 0.2) is 46.3 Å². The molecule has 0 bridgehead atoms. The van der Waals surface area contributed by atoms with Gasteiger partial charge in [-0.1, -0.05) is 33.6 Å². The van der Waals surface area contributed by atoms with Gasteiger partial charge in [0.2, 0.25) is 0 Å². The highest BCUT2D eigenvalue weighted by Gasteiger charge is 2.12. The normalized spacial score (nSPS) is 10.6. The number of amides is 1. The van der Waals surface area contributed by atoms with Gasteiger partial charge in [-0.3, -0.25) is 4.79 Å². The first-order valence-electron chi connectivity index (χ1n) is 7.79. The van der Waals surface area contributed by atoms with E-state index in [4.69, 9.17) is 0 Å². The number of carbonyl (C=O) groups is 1. The van der Waals surface area contributed by atoms with Crippen LogP contribution in [0.4, 0.5) is 16.5 Å². The van der Waals surface area contributed by atoms with E-state index in [0.717, 1.165) is 27.0 Å². The van der Waals surface area contributed by atoms with Gasteiger partial charge in [0.25, 0.3) is 5.91 Å². The number of hydrogen-bond acceptors (Lipinski definition) is 4. The fourth-order valence-corrected chi connectivity index (χ4v) is 3.37. The van der Waals surface area contributed by atoms with Crippen molar-refractivity contribution in [2.75, 3.05) is 10.6 Å². The molecule has 3 aromatic rings. The number of rotatable bonds is 4. The Morgan fingerprint density at radius 1 is 1.08 bits per heavy atom. The number of nitrogens with zero attached hydrogens (tertiary/aromatic N) is 1. The Morgan fingerprint density at radius 2 is 1.88 bits per heavy atom. The average Bonchev–Trinajstić information content (AvgIpc) is 3.02. The largest absolute Gasteiger partial charge is 0.331 e. The summed E-state index contributed by atoms with van der Waals surface area (Å²) in [7, 11) is 0. The van der Waals surface area contributed by atoms with Crippen molar-refractivity contribution in [2.45, 2.75) is 20.8 Å². The summed E-state index contributed by atoms with van der Waals surface area (Å²) in [6.45, 7) is 6.09. The van der Waals surface area contributed by atoms with Gasteiger partial charge in [-0.25, -0.2) is 4.98 Å². The van der Waals surface area contributed by atoms with Crippen molar-refractivity contribution in [3.05, 3.63) is 68.6 Å². The van der Waals surface area contributed by atoms with Gasteiger partial charge >= 0.3 is 0 Å². The highest BCUT2D eigenvalue weighted by Crippen LogP contribution is 2.25. The summed E-state index contributed by atoms with van der Waals surface area (Å²) in [5, 5.41) is 8.61. The van der Waals surface area contributed by atoms with Crippen LogP contribution in [-0.2, 0) is 0 Å². The first kappa shape index (κ1) is 17.6. The van der Waals surface area contributed by atoms with E-state index in [0.29, 0.717) is 10.8 Å². The molecular weight excluding hydrogens is 398 g/mol. The minimum atomic E-state index is -0.216. The van der Waals surface area contributed by atoms with Crippen molar-refractivity contribution in [3.8, 4) is 0 Å². The standard InChI is InChI=1S/C19H18BrN3OS/c1-11-4-7-16(13(3)8-11)22-19-23-17(10-25-19)18(24)21-14-5-6-15(20)12(2)9-14/h4-10H,1-3H3,(H,21,24)(H,22,23). The van der Waals surface area contributed by atoms with Gasteiger partial charge in [-0.05, 0) is 56.2 Å². The zero-order chi connectivity index (χ0) is 18.0. The molecule has 0 saturated carbocycles. The number of hydrogen-bond donors (Lipinski definition) is 2. The van der Waals surface area contributed by atoms with Crippen molar-refractivity contribution in [2.24, 2.45) is 0 Å². The fraction of sp³-hybridized carbons (Fsp3) is 0.158. The molecule has 6 heteroatoms. The van der Waals surface area contributed by atoms with Crippen LogP contribution >= 0.6 is 27.3 Å². The molecule has 0 saturated heterocycles. The number of benzene rings is 2. The van der Waals surface area contributed by atoms with Crippen LogP contribution in [0.1, 0.15) is 27.2 Å². The first-order valence-corrected chi connectivity index (χ1v) is 9.47. The predicted molar refractivity (Wildman–Crippen MR) is 108 cm³/mol. The molecule has 4 nitrogen and oxygen atoms in total.